The van der Waals surface area contributed by atoms with Crippen molar-refractivity contribution in [3.05, 3.63) is 48.2 Å². The summed E-state index contributed by atoms with van der Waals surface area (Å²) in [4.78, 5) is 0. The van der Waals surface area contributed by atoms with E-state index in [1.807, 2.05) is 36.4 Å². The van der Waals surface area contributed by atoms with Gasteiger partial charge in [-0.1, -0.05) is 41.6 Å². The minimum atomic E-state index is 0.0606. The molecule has 76 valence electrons. The predicted molar refractivity (Wildman–Crippen MR) is 58.1 cm³/mol. The van der Waals surface area contributed by atoms with Crippen LogP contribution in [0.2, 0.25) is 0 Å². The van der Waals surface area contributed by atoms with E-state index in [1.165, 1.54) is 0 Å². The van der Waals surface area contributed by atoms with Gasteiger partial charge in [0.25, 0.3) is 0 Å². The van der Waals surface area contributed by atoms with Crippen molar-refractivity contribution in [3.63, 3.8) is 0 Å². The Kier molecular flexibility index (Phi) is 2.95. The quantitative estimate of drug-likeness (QED) is 0.829. The largest absolute Gasteiger partial charge is 0.392 e. The van der Waals surface area contributed by atoms with Crippen molar-refractivity contribution in [2.45, 2.75) is 0 Å². The van der Waals surface area contributed by atoms with Crippen molar-refractivity contribution >= 4 is 6.08 Å². The fraction of sp³-hybridized carbons (Fsp3) is 0.0833. The molecule has 0 amide bonds. The highest BCUT2D eigenvalue weighted by Gasteiger charge is 1.99. The SMILES string of the molecule is OC/C=C/c1ccc(-c2ccon2)cc1. The molecule has 0 aliphatic carbocycles. The first-order valence-corrected chi connectivity index (χ1v) is 4.68. The molecule has 0 saturated carbocycles. The predicted octanol–water partition coefficient (Wildman–Crippen LogP) is 2.35. The molecule has 2 aromatic rings. The maximum atomic E-state index is 8.62. The molecule has 15 heavy (non-hydrogen) atoms. The summed E-state index contributed by atoms with van der Waals surface area (Å²) in [5.41, 5.74) is 2.90. The second-order valence-electron chi connectivity index (χ2n) is 3.09. The zero-order valence-corrected chi connectivity index (χ0v) is 8.13. The van der Waals surface area contributed by atoms with E-state index >= 15 is 0 Å². The smallest absolute Gasteiger partial charge is 0.124 e. The lowest BCUT2D eigenvalue weighted by molar-refractivity contribution is 0.343. The molecule has 3 heteroatoms. The van der Waals surface area contributed by atoms with Gasteiger partial charge in [0.05, 0.1) is 6.61 Å². The number of aliphatic hydroxyl groups excluding tert-OH is 1. The first-order valence-electron chi connectivity index (χ1n) is 4.68. The Morgan fingerprint density at radius 2 is 2.00 bits per heavy atom. The Morgan fingerprint density at radius 3 is 2.60 bits per heavy atom. The van der Waals surface area contributed by atoms with Gasteiger partial charge in [-0.15, -0.1) is 0 Å². The Morgan fingerprint density at radius 1 is 1.20 bits per heavy atom. The molecule has 0 aliphatic rings. The summed E-state index contributed by atoms with van der Waals surface area (Å²) in [6.45, 7) is 0.0606. The van der Waals surface area contributed by atoms with E-state index in [-0.39, 0.29) is 6.61 Å². The molecule has 0 radical (unpaired) electrons. The van der Waals surface area contributed by atoms with E-state index in [9.17, 15) is 0 Å². The number of hydrogen-bond acceptors (Lipinski definition) is 3. The van der Waals surface area contributed by atoms with E-state index < -0.39 is 0 Å². The van der Waals surface area contributed by atoms with Crippen LogP contribution in [-0.2, 0) is 0 Å². The highest BCUT2D eigenvalue weighted by molar-refractivity contribution is 5.61. The fourth-order valence-electron chi connectivity index (χ4n) is 1.32. The summed E-state index contributed by atoms with van der Waals surface area (Å²) < 4.78 is 4.77. The molecule has 0 saturated heterocycles. The number of benzene rings is 1. The Balaban J connectivity index is 2.21. The highest BCUT2D eigenvalue weighted by atomic mass is 16.5. The maximum absolute atomic E-state index is 8.62. The van der Waals surface area contributed by atoms with Gasteiger partial charge in [-0.3, -0.25) is 0 Å². The van der Waals surface area contributed by atoms with Gasteiger partial charge in [-0.2, -0.15) is 0 Å². The second-order valence-corrected chi connectivity index (χ2v) is 3.09. The lowest BCUT2D eigenvalue weighted by atomic mass is 10.1. The lowest BCUT2D eigenvalue weighted by Crippen LogP contribution is -1.78. The Labute approximate surface area is 87.7 Å². The molecule has 0 fully saturated rings. The molecule has 1 aromatic carbocycles. The average molecular weight is 201 g/mol. The van der Waals surface area contributed by atoms with Crippen molar-refractivity contribution in [1.82, 2.24) is 5.16 Å². The summed E-state index contributed by atoms with van der Waals surface area (Å²) >= 11 is 0. The number of nitrogens with zero attached hydrogens (tertiary/aromatic N) is 1. The molecular weight excluding hydrogens is 190 g/mol. The van der Waals surface area contributed by atoms with Crippen LogP contribution in [0.1, 0.15) is 5.56 Å². The van der Waals surface area contributed by atoms with Crippen LogP contribution in [0.5, 0.6) is 0 Å². The summed E-state index contributed by atoms with van der Waals surface area (Å²) in [6.07, 6.45) is 5.12. The van der Waals surface area contributed by atoms with E-state index in [0.29, 0.717) is 0 Å². The zero-order valence-electron chi connectivity index (χ0n) is 8.13. The minimum Gasteiger partial charge on any atom is -0.392 e. The molecule has 0 atom stereocenters. The van der Waals surface area contributed by atoms with Crippen molar-refractivity contribution in [2.24, 2.45) is 0 Å². The third-order valence-corrected chi connectivity index (χ3v) is 2.06. The van der Waals surface area contributed by atoms with Gasteiger partial charge >= 0.3 is 0 Å². The number of rotatable bonds is 3. The summed E-state index contributed by atoms with van der Waals surface area (Å²) in [5.74, 6) is 0. The van der Waals surface area contributed by atoms with E-state index in [1.54, 1.807) is 12.3 Å². The standard InChI is InChI=1S/C12H11NO2/c14-8-1-2-10-3-5-11(6-4-10)12-7-9-15-13-12/h1-7,9,14H,8H2/b2-1+. The first-order chi connectivity index (χ1) is 7.40. The van der Waals surface area contributed by atoms with Crippen molar-refractivity contribution in [1.29, 1.82) is 0 Å². The van der Waals surface area contributed by atoms with E-state index in [2.05, 4.69) is 5.16 Å². The molecule has 3 nitrogen and oxygen atoms in total. The third-order valence-electron chi connectivity index (χ3n) is 2.06. The lowest BCUT2D eigenvalue weighted by Gasteiger charge is -1.96. The number of aliphatic hydroxyl groups is 1. The summed E-state index contributed by atoms with van der Waals surface area (Å²) in [6, 6.07) is 9.69. The van der Waals surface area contributed by atoms with Gasteiger partial charge in [0.1, 0.15) is 12.0 Å². The van der Waals surface area contributed by atoms with Crippen LogP contribution in [0.4, 0.5) is 0 Å². The van der Waals surface area contributed by atoms with Crippen LogP contribution in [0.3, 0.4) is 0 Å². The average Bonchev–Trinajstić information content (AvgIpc) is 2.80. The number of aromatic nitrogens is 1. The van der Waals surface area contributed by atoms with Crippen LogP contribution in [-0.4, -0.2) is 16.9 Å². The van der Waals surface area contributed by atoms with Crippen LogP contribution in [0.15, 0.2) is 47.2 Å². The normalized spacial score (nSPS) is 11.0. The monoisotopic (exact) mass is 201 g/mol. The first kappa shape index (κ1) is 9.68. The van der Waals surface area contributed by atoms with Gasteiger partial charge in [-0.25, -0.2) is 0 Å². The molecular formula is C12H11NO2. The van der Waals surface area contributed by atoms with E-state index in [4.69, 9.17) is 9.63 Å². The van der Waals surface area contributed by atoms with Gasteiger partial charge in [0.15, 0.2) is 0 Å². The molecule has 0 unspecified atom stereocenters. The molecule has 1 N–H and O–H groups in total. The molecule has 0 spiro atoms. The van der Waals surface area contributed by atoms with Crippen LogP contribution in [0.25, 0.3) is 17.3 Å². The second kappa shape index (κ2) is 4.57. The minimum absolute atomic E-state index is 0.0606. The molecule has 0 aliphatic heterocycles. The van der Waals surface area contributed by atoms with E-state index in [0.717, 1.165) is 16.8 Å². The molecule has 0 bridgehead atoms. The van der Waals surface area contributed by atoms with Crippen LogP contribution < -0.4 is 0 Å². The van der Waals surface area contributed by atoms with Crippen molar-refractivity contribution in [2.75, 3.05) is 6.61 Å². The highest BCUT2D eigenvalue weighted by Crippen LogP contribution is 2.17. The summed E-state index contributed by atoms with van der Waals surface area (Å²) in [7, 11) is 0. The molecule has 1 aromatic heterocycles. The Bertz CT molecular complexity index is 429. The zero-order chi connectivity index (χ0) is 10.5. The fourth-order valence-corrected chi connectivity index (χ4v) is 1.32. The third kappa shape index (κ3) is 2.33. The molecule has 1 heterocycles. The van der Waals surface area contributed by atoms with Gasteiger partial charge in [0.2, 0.25) is 0 Å². The Hall–Kier alpha value is -1.87. The van der Waals surface area contributed by atoms with Gasteiger partial charge in [0, 0.05) is 11.6 Å². The topological polar surface area (TPSA) is 46.3 Å². The van der Waals surface area contributed by atoms with Crippen LogP contribution in [0, 0.1) is 0 Å². The van der Waals surface area contributed by atoms with Crippen molar-refractivity contribution < 1.29 is 9.63 Å². The van der Waals surface area contributed by atoms with Crippen molar-refractivity contribution in [3.8, 4) is 11.3 Å². The molecule has 2 rings (SSSR count). The van der Waals surface area contributed by atoms with Gasteiger partial charge in [-0.05, 0) is 5.56 Å². The van der Waals surface area contributed by atoms with Gasteiger partial charge < -0.3 is 9.63 Å². The number of hydrogen-bond donors (Lipinski definition) is 1. The maximum Gasteiger partial charge on any atom is 0.124 e. The van der Waals surface area contributed by atoms with Crippen LogP contribution >= 0.6 is 0 Å². The summed E-state index contributed by atoms with van der Waals surface area (Å²) in [5, 5.41) is 12.5.